The lowest BCUT2D eigenvalue weighted by Crippen LogP contribution is -2.49. The number of hydrogen-bond donors (Lipinski definition) is 0. The summed E-state index contributed by atoms with van der Waals surface area (Å²) in [5.74, 6) is 5.55. The van der Waals surface area contributed by atoms with Crippen LogP contribution < -0.4 is 0 Å². The lowest BCUT2D eigenvalue weighted by atomic mass is 9.46. The predicted octanol–water partition coefficient (Wildman–Crippen LogP) is 4.49. The zero-order valence-corrected chi connectivity index (χ0v) is 10.8. The fourth-order valence-electron chi connectivity index (χ4n) is 5.86. The highest BCUT2D eigenvalue weighted by Gasteiger charge is 2.54. The van der Waals surface area contributed by atoms with Crippen LogP contribution >= 0.6 is 0 Å². The van der Waals surface area contributed by atoms with Gasteiger partial charge in [0.05, 0.1) is 0 Å². The topological polar surface area (TPSA) is 0 Å². The van der Waals surface area contributed by atoms with Gasteiger partial charge in [-0.1, -0.05) is 36.4 Å². The van der Waals surface area contributed by atoms with Gasteiger partial charge in [0.15, 0.2) is 0 Å². The summed E-state index contributed by atoms with van der Waals surface area (Å²) in [4.78, 5) is 0. The van der Waals surface area contributed by atoms with E-state index < -0.39 is 0 Å². The molecule has 0 nitrogen and oxygen atoms in total. The summed E-state index contributed by atoms with van der Waals surface area (Å²) in [6, 6.07) is 9.36. The molecule has 1 aromatic carbocycles. The minimum absolute atomic E-state index is 0.883. The number of rotatable bonds is 0. The summed E-state index contributed by atoms with van der Waals surface area (Å²) in [6.07, 6.45) is 11.0. The summed E-state index contributed by atoms with van der Waals surface area (Å²) < 4.78 is 0. The molecule has 6 aliphatic carbocycles. The Balaban J connectivity index is 1.72. The van der Waals surface area contributed by atoms with Crippen molar-refractivity contribution in [2.24, 2.45) is 23.7 Å². The number of hydrogen-bond acceptors (Lipinski definition) is 0. The van der Waals surface area contributed by atoms with Gasteiger partial charge in [0.25, 0.3) is 0 Å². The molecule has 0 N–H and O–H groups in total. The highest BCUT2D eigenvalue weighted by Crippen LogP contribution is 2.64. The van der Waals surface area contributed by atoms with Crippen LogP contribution in [-0.2, 0) is 0 Å². The lowest BCUT2D eigenvalue weighted by Gasteiger charge is -2.58. The van der Waals surface area contributed by atoms with E-state index >= 15 is 0 Å². The van der Waals surface area contributed by atoms with Gasteiger partial charge in [-0.25, -0.2) is 0 Å². The molecule has 4 bridgehead atoms. The van der Waals surface area contributed by atoms with Crippen LogP contribution in [0.2, 0.25) is 0 Å². The lowest BCUT2D eigenvalue weighted by molar-refractivity contribution is 0.0264. The SMILES string of the molecule is C1=C[C@H]2CC[C@@H]1[C@@H]1[C@H]2[C@H]2CC[C@@H]1c1ccccc12. The van der Waals surface area contributed by atoms with Crippen molar-refractivity contribution in [3.8, 4) is 0 Å². The summed E-state index contributed by atoms with van der Waals surface area (Å²) >= 11 is 0. The van der Waals surface area contributed by atoms with Crippen LogP contribution in [0.4, 0.5) is 0 Å². The van der Waals surface area contributed by atoms with E-state index in [-0.39, 0.29) is 0 Å². The summed E-state index contributed by atoms with van der Waals surface area (Å²) in [7, 11) is 0. The Hall–Kier alpha value is -1.04. The third kappa shape index (κ3) is 1.04. The minimum atomic E-state index is 0.883. The molecule has 0 aromatic heterocycles. The van der Waals surface area contributed by atoms with Crippen molar-refractivity contribution in [1.29, 1.82) is 0 Å². The number of benzene rings is 1. The summed E-state index contributed by atoms with van der Waals surface area (Å²) in [5, 5.41) is 0. The standard InChI is InChI=1S/C18H20/c1-2-4-14-13(3-1)15-9-10-16(14)18-12-7-5-11(6-8-12)17(15)18/h1-5,7,11-12,15-18H,6,8-10H2/t11-,12+,15-,16+,17+,18-. The maximum atomic E-state index is 2.57. The van der Waals surface area contributed by atoms with E-state index in [0.29, 0.717) is 0 Å². The second-order valence-corrected chi connectivity index (χ2v) is 6.86. The molecule has 1 aromatic rings. The molecule has 7 rings (SSSR count). The van der Waals surface area contributed by atoms with E-state index in [2.05, 4.69) is 36.4 Å². The molecule has 0 aliphatic heterocycles. The normalized spacial score (nSPS) is 46.9. The van der Waals surface area contributed by atoms with Gasteiger partial charge in [-0.05, 0) is 72.3 Å². The fraction of sp³-hybridized carbons (Fsp3) is 0.556. The third-order valence-electron chi connectivity index (χ3n) is 6.38. The molecule has 18 heavy (non-hydrogen) atoms. The van der Waals surface area contributed by atoms with Gasteiger partial charge in [0, 0.05) is 0 Å². The number of allylic oxidation sites excluding steroid dienone is 2. The largest absolute Gasteiger partial charge is 0.0848 e. The molecular weight excluding hydrogens is 216 g/mol. The maximum absolute atomic E-state index is 2.57. The van der Waals surface area contributed by atoms with Gasteiger partial charge in [0.1, 0.15) is 0 Å². The molecule has 92 valence electrons. The zero-order valence-electron chi connectivity index (χ0n) is 10.8. The smallest absolute Gasteiger partial charge is 0.0122 e. The Bertz CT molecular complexity index is 480. The minimum Gasteiger partial charge on any atom is -0.0848 e. The van der Waals surface area contributed by atoms with E-state index in [1.807, 2.05) is 0 Å². The van der Waals surface area contributed by atoms with Crippen molar-refractivity contribution in [1.82, 2.24) is 0 Å². The first-order valence-corrected chi connectivity index (χ1v) is 7.70. The van der Waals surface area contributed by atoms with E-state index in [0.717, 1.165) is 35.5 Å². The first-order valence-electron chi connectivity index (χ1n) is 7.70. The molecule has 0 amide bonds. The van der Waals surface area contributed by atoms with Crippen molar-refractivity contribution < 1.29 is 0 Å². The van der Waals surface area contributed by atoms with Crippen LogP contribution in [0.25, 0.3) is 0 Å². The van der Waals surface area contributed by atoms with Crippen LogP contribution in [0.15, 0.2) is 36.4 Å². The Morgan fingerprint density at radius 3 is 1.61 bits per heavy atom. The molecule has 0 heteroatoms. The van der Waals surface area contributed by atoms with Crippen molar-refractivity contribution >= 4 is 0 Å². The average molecular weight is 236 g/mol. The van der Waals surface area contributed by atoms with Crippen LogP contribution in [0.5, 0.6) is 0 Å². The molecule has 0 radical (unpaired) electrons. The fourth-order valence-corrected chi connectivity index (χ4v) is 5.86. The first kappa shape index (κ1) is 9.83. The second-order valence-electron chi connectivity index (χ2n) is 6.86. The van der Waals surface area contributed by atoms with Gasteiger partial charge < -0.3 is 0 Å². The van der Waals surface area contributed by atoms with Crippen LogP contribution in [-0.4, -0.2) is 0 Å². The van der Waals surface area contributed by atoms with Crippen LogP contribution in [0, 0.1) is 23.7 Å². The molecule has 6 atom stereocenters. The molecule has 0 saturated heterocycles. The van der Waals surface area contributed by atoms with E-state index in [9.17, 15) is 0 Å². The summed E-state index contributed by atoms with van der Waals surface area (Å²) in [6.45, 7) is 0. The second kappa shape index (κ2) is 3.29. The van der Waals surface area contributed by atoms with Crippen LogP contribution in [0.1, 0.15) is 48.6 Å². The Labute approximate surface area is 109 Å². The van der Waals surface area contributed by atoms with E-state index in [1.165, 1.54) is 25.7 Å². The Kier molecular flexibility index (Phi) is 1.80. The highest BCUT2D eigenvalue weighted by atomic mass is 14.6. The van der Waals surface area contributed by atoms with Gasteiger partial charge in [0.2, 0.25) is 0 Å². The molecule has 2 saturated carbocycles. The van der Waals surface area contributed by atoms with Gasteiger partial charge in [-0.2, -0.15) is 0 Å². The van der Waals surface area contributed by atoms with Crippen molar-refractivity contribution in [2.75, 3.05) is 0 Å². The zero-order chi connectivity index (χ0) is 11.7. The molecule has 0 spiro atoms. The van der Waals surface area contributed by atoms with Crippen molar-refractivity contribution in [3.05, 3.63) is 47.5 Å². The molecule has 0 heterocycles. The first-order chi connectivity index (χ1) is 8.93. The molecular formula is C18H20. The molecule has 2 fully saturated rings. The van der Waals surface area contributed by atoms with Gasteiger partial charge in [-0.15, -0.1) is 0 Å². The highest BCUT2D eigenvalue weighted by molar-refractivity contribution is 5.42. The third-order valence-corrected chi connectivity index (χ3v) is 6.38. The molecule has 0 unspecified atom stereocenters. The predicted molar refractivity (Wildman–Crippen MR) is 73.5 cm³/mol. The summed E-state index contributed by atoms with van der Waals surface area (Å²) in [5.41, 5.74) is 3.44. The van der Waals surface area contributed by atoms with Crippen molar-refractivity contribution in [2.45, 2.75) is 37.5 Å². The monoisotopic (exact) mass is 236 g/mol. The van der Waals surface area contributed by atoms with Crippen LogP contribution in [0.3, 0.4) is 0 Å². The Morgan fingerprint density at radius 2 is 1.17 bits per heavy atom. The van der Waals surface area contributed by atoms with Gasteiger partial charge >= 0.3 is 0 Å². The Morgan fingerprint density at radius 1 is 0.667 bits per heavy atom. The average Bonchev–Trinajstić information content (AvgIpc) is 2.49. The number of fused-ring (bicyclic) bond motifs is 2. The van der Waals surface area contributed by atoms with Gasteiger partial charge in [-0.3, -0.25) is 0 Å². The quantitative estimate of drug-likeness (QED) is 0.582. The van der Waals surface area contributed by atoms with E-state index in [1.54, 1.807) is 11.1 Å². The van der Waals surface area contributed by atoms with Crippen molar-refractivity contribution in [3.63, 3.8) is 0 Å². The maximum Gasteiger partial charge on any atom is -0.0122 e. The molecule has 6 aliphatic rings. The van der Waals surface area contributed by atoms with E-state index in [4.69, 9.17) is 0 Å².